The first-order valence-electron chi connectivity index (χ1n) is 4.93. The molecule has 0 aliphatic carbocycles. The number of anilines is 1. The number of alkyl halides is 3. The number of aryl methyl sites for hydroxylation is 1. The van der Waals surface area contributed by atoms with Crippen molar-refractivity contribution in [1.82, 2.24) is 4.31 Å². The lowest BCUT2D eigenvalue weighted by molar-refractivity contribution is -0.134. The van der Waals surface area contributed by atoms with E-state index in [2.05, 4.69) is 0 Å². The predicted octanol–water partition coefficient (Wildman–Crippen LogP) is 1.76. The van der Waals surface area contributed by atoms with Gasteiger partial charge in [0.2, 0.25) is 10.0 Å². The third kappa shape index (κ3) is 3.36. The number of hydrogen-bond acceptors (Lipinski definition) is 3. The van der Waals surface area contributed by atoms with E-state index in [9.17, 15) is 21.6 Å². The van der Waals surface area contributed by atoms with E-state index in [1.165, 1.54) is 18.2 Å². The van der Waals surface area contributed by atoms with Gasteiger partial charge in [0.05, 0.1) is 4.90 Å². The van der Waals surface area contributed by atoms with E-state index in [1.807, 2.05) is 0 Å². The van der Waals surface area contributed by atoms with Crippen LogP contribution in [0.5, 0.6) is 0 Å². The number of halogens is 3. The van der Waals surface area contributed by atoms with Crippen molar-refractivity contribution in [3.8, 4) is 0 Å². The van der Waals surface area contributed by atoms with E-state index in [4.69, 9.17) is 5.73 Å². The minimum absolute atomic E-state index is 0.207. The SMILES string of the molecule is Cc1cc(S(=O)(=O)N(C)CC(F)(F)F)ccc1N. The van der Waals surface area contributed by atoms with Crippen LogP contribution in [0.25, 0.3) is 0 Å². The summed E-state index contributed by atoms with van der Waals surface area (Å²) in [5, 5.41) is 0. The summed E-state index contributed by atoms with van der Waals surface area (Å²) in [6.45, 7) is 0.0524. The zero-order valence-corrected chi connectivity index (χ0v) is 10.6. The van der Waals surface area contributed by atoms with Gasteiger partial charge in [0.25, 0.3) is 0 Å². The molecule has 1 aromatic carbocycles. The molecule has 0 bridgehead atoms. The molecule has 0 fully saturated rings. The van der Waals surface area contributed by atoms with E-state index < -0.39 is 22.7 Å². The molecule has 102 valence electrons. The van der Waals surface area contributed by atoms with Gasteiger partial charge in [-0.3, -0.25) is 0 Å². The van der Waals surface area contributed by atoms with Gasteiger partial charge in [0.1, 0.15) is 6.54 Å². The lowest BCUT2D eigenvalue weighted by Gasteiger charge is -2.19. The molecule has 0 amide bonds. The molecule has 1 rings (SSSR count). The average Bonchev–Trinajstić information content (AvgIpc) is 2.19. The van der Waals surface area contributed by atoms with Crippen molar-refractivity contribution in [1.29, 1.82) is 0 Å². The summed E-state index contributed by atoms with van der Waals surface area (Å²) in [6.07, 6.45) is -4.58. The van der Waals surface area contributed by atoms with Crippen molar-refractivity contribution < 1.29 is 21.6 Å². The maximum Gasteiger partial charge on any atom is 0.402 e. The Morgan fingerprint density at radius 1 is 1.33 bits per heavy atom. The molecular weight excluding hydrogens is 269 g/mol. The molecule has 0 radical (unpaired) electrons. The molecular formula is C10H13F3N2O2S. The van der Waals surface area contributed by atoms with Crippen LogP contribution in [-0.4, -0.2) is 32.5 Å². The zero-order valence-electron chi connectivity index (χ0n) is 9.82. The molecule has 8 heteroatoms. The van der Waals surface area contributed by atoms with Gasteiger partial charge in [-0.25, -0.2) is 8.42 Å². The monoisotopic (exact) mass is 282 g/mol. The van der Waals surface area contributed by atoms with Crippen molar-refractivity contribution in [2.24, 2.45) is 0 Å². The van der Waals surface area contributed by atoms with E-state index in [0.717, 1.165) is 7.05 Å². The fourth-order valence-electron chi connectivity index (χ4n) is 1.33. The van der Waals surface area contributed by atoms with Crippen molar-refractivity contribution >= 4 is 15.7 Å². The number of rotatable bonds is 3. The molecule has 0 spiro atoms. The molecule has 0 aromatic heterocycles. The predicted molar refractivity (Wildman–Crippen MR) is 61.5 cm³/mol. The number of nitrogens with two attached hydrogens (primary N) is 1. The summed E-state index contributed by atoms with van der Waals surface area (Å²) < 4.78 is 60.5. The summed E-state index contributed by atoms with van der Waals surface area (Å²) in [5.41, 5.74) is 6.40. The highest BCUT2D eigenvalue weighted by atomic mass is 32.2. The molecule has 0 heterocycles. The van der Waals surface area contributed by atoms with Gasteiger partial charge < -0.3 is 5.73 Å². The van der Waals surface area contributed by atoms with E-state index >= 15 is 0 Å². The maximum absolute atomic E-state index is 12.2. The number of benzene rings is 1. The van der Waals surface area contributed by atoms with Crippen molar-refractivity contribution in [2.45, 2.75) is 18.0 Å². The van der Waals surface area contributed by atoms with Crippen LogP contribution in [0.15, 0.2) is 23.1 Å². The standard InChI is InChI=1S/C10H13F3N2O2S/c1-7-5-8(3-4-9(7)14)18(16,17)15(2)6-10(11,12)13/h3-5H,6,14H2,1-2H3. The van der Waals surface area contributed by atoms with E-state index in [-0.39, 0.29) is 9.20 Å². The molecule has 0 aliphatic heterocycles. The second-order valence-corrected chi connectivity index (χ2v) is 5.94. The van der Waals surface area contributed by atoms with Crippen LogP contribution in [0.2, 0.25) is 0 Å². The lowest BCUT2D eigenvalue weighted by Crippen LogP contribution is -2.35. The van der Waals surface area contributed by atoms with Crippen molar-refractivity contribution in [3.63, 3.8) is 0 Å². The number of nitrogens with zero attached hydrogens (tertiary/aromatic N) is 1. The Morgan fingerprint density at radius 2 is 1.89 bits per heavy atom. The Bertz CT molecular complexity index is 541. The van der Waals surface area contributed by atoms with Gasteiger partial charge in [0.15, 0.2) is 0 Å². The third-order valence-corrected chi connectivity index (χ3v) is 4.15. The first kappa shape index (κ1) is 14.8. The fraction of sp³-hybridized carbons (Fsp3) is 0.400. The van der Waals surface area contributed by atoms with Crippen LogP contribution in [0.4, 0.5) is 18.9 Å². The van der Waals surface area contributed by atoms with Crippen LogP contribution in [-0.2, 0) is 10.0 Å². The molecule has 0 saturated carbocycles. The first-order valence-corrected chi connectivity index (χ1v) is 6.37. The number of nitrogen functional groups attached to an aromatic ring is 1. The van der Waals surface area contributed by atoms with Gasteiger partial charge in [-0.2, -0.15) is 17.5 Å². The summed E-state index contributed by atoms with van der Waals surface area (Å²) in [4.78, 5) is -0.207. The quantitative estimate of drug-likeness (QED) is 0.859. The molecule has 0 aliphatic rings. The highest BCUT2D eigenvalue weighted by Gasteiger charge is 2.34. The molecule has 0 unspecified atom stereocenters. The smallest absolute Gasteiger partial charge is 0.399 e. The molecule has 4 nitrogen and oxygen atoms in total. The lowest BCUT2D eigenvalue weighted by atomic mass is 10.2. The normalized spacial score (nSPS) is 13.0. The Kier molecular flexibility index (Phi) is 3.92. The molecule has 0 saturated heterocycles. The van der Waals surface area contributed by atoms with Gasteiger partial charge in [-0.15, -0.1) is 0 Å². The second-order valence-electron chi connectivity index (χ2n) is 3.89. The van der Waals surface area contributed by atoms with Crippen LogP contribution < -0.4 is 5.73 Å². The van der Waals surface area contributed by atoms with Gasteiger partial charge in [0, 0.05) is 12.7 Å². The minimum atomic E-state index is -4.58. The van der Waals surface area contributed by atoms with Gasteiger partial charge in [-0.05, 0) is 30.7 Å². The summed E-state index contributed by atoms with van der Waals surface area (Å²) >= 11 is 0. The Hall–Kier alpha value is -1.28. The van der Waals surface area contributed by atoms with Crippen LogP contribution >= 0.6 is 0 Å². The van der Waals surface area contributed by atoms with Crippen LogP contribution in [0, 0.1) is 6.92 Å². The molecule has 0 atom stereocenters. The largest absolute Gasteiger partial charge is 0.402 e. The van der Waals surface area contributed by atoms with Crippen LogP contribution in [0.1, 0.15) is 5.56 Å². The summed E-state index contributed by atoms with van der Waals surface area (Å²) in [6, 6.07) is 3.78. The molecule has 2 N–H and O–H groups in total. The summed E-state index contributed by atoms with van der Waals surface area (Å²) in [5.74, 6) is 0. The number of hydrogen-bond donors (Lipinski definition) is 1. The van der Waals surface area contributed by atoms with Gasteiger partial charge >= 0.3 is 6.18 Å². The fourth-order valence-corrected chi connectivity index (χ4v) is 2.57. The summed E-state index contributed by atoms with van der Waals surface area (Å²) in [7, 11) is -3.27. The van der Waals surface area contributed by atoms with Crippen molar-refractivity contribution in [3.05, 3.63) is 23.8 Å². The van der Waals surface area contributed by atoms with E-state index in [0.29, 0.717) is 11.3 Å². The third-order valence-electron chi connectivity index (χ3n) is 2.35. The van der Waals surface area contributed by atoms with Crippen molar-refractivity contribution in [2.75, 3.05) is 19.3 Å². The Morgan fingerprint density at radius 3 is 2.33 bits per heavy atom. The molecule has 1 aromatic rings. The highest BCUT2D eigenvalue weighted by Crippen LogP contribution is 2.23. The minimum Gasteiger partial charge on any atom is -0.399 e. The Labute approximate surface area is 103 Å². The second kappa shape index (κ2) is 4.77. The van der Waals surface area contributed by atoms with Crippen LogP contribution in [0.3, 0.4) is 0 Å². The molecule has 18 heavy (non-hydrogen) atoms. The first-order chi connectivity index (χ1) is 8.04. The Balaban J connectivity index is 3.10. The average molecular weight is 282 g/mol. The highest BCUT2D eigenvalue weighted by molar-refractivity contribution is 7.89. The number of sulfonamides is 1. The maximum atomic E-state index is 12.2. The zero-order chi connectivity index (χ0) is 14.1. The van der Waals surface area contributed by atoms with E-state index in [1.54, 1.807) is 6.92 Å². The topological polar surface area (TPSA) is 63.4 Å². The van der Waals surface area contributed by atoms with Gasteiger partial charge in [-0.1, -0.05) is 0 Å².